The van der Waals surface area contributed by atoms with E-state index in [0.717, 1.165) is 31.6 Å². The van der Waals surface area contributed by atoms with Crippen LogP contribution in [0.15, 0.2) is 24.5 Å². The van der Waals surface area contributed by atoms with Gasteiger partial charge in [0.25, 0.3) is 5.91 Å². The number of rotatable bonds is 4. The summed E-state index contributed by atoms with van der Waals surface area (Å²) in [6, 6.07) is 3.31. The van der Waals surface area contributed by atoms with Gasteiger partial charge >= 0.3 is 0 Å². The number of hydrogen-bond donors (Lipinski definition) is 0. The average molecular weight is 315 g/mol. The van der Waals surface area contributed by atoms with Crippen LogP contribution in [0.25, 0.3) is 0 Å². The number of hydrogen-bond acceptors (Lipinski definition) is 5. The highest BCUT2D eigenvalue weighted by atomic mass is 16.5. The molecule has 1 aliphatic heterocycles. The molecule has 1 amide bonds. The maximum Gasteiger partial charge on any atom is 0.274 e. The fourth-order valence-corrected chi connectivity index (χ4v) is 3.02. The Bertz CT molecular complexity index is 667. The van der Waals surface area contributed by atoms with Gasteiger partial charge in [0.1, 0.15) is 5.82 Å². The van der Waals surface area contributed by atoms with Gasteiger partial charge in [0, 0.05) is 31.5 Å². The summed E-state index contributed by atoms with van der Waals surface area (Å²) in [5, 5.41) is 7.88. The molecule has 1 fully saturated rings. The van der Waals surface area contributed by atoms with Crippen LogP contribution in [0.5, 0.6) is 5.88 Å². The Balaban J connectivity index is 1.87. The van der Waals surface area contributed by atoms with Crippen LogP contribution in [0.1, 0.15) is 48.5 Å². The normalized spacial score (nSPS) is 18.0. The molecule has 2 aromatic heterocycles. The van der Waals surface area contributed by atoms with E-state index in [0.29, 0.717) is 18.1 Å². The molecule has 3 heterocycles. The summed E-state index contributed by atoms with van der Waals surface area (Å²) in [5.74, 6) is 1.25. The van der Waals surface area contributed by atoms with Crippen molar-refractivity contribution in [1.29, 1.82) is 0 Å². The number of aryl methyl sites for hydroxylation is 1. The van der Waals surface area contributed by atoms with E-state index in [1.165, 1.54) is 7.11 Å². The van der Waals surface area contributed by atoms with Gasteiger partial charge in [0.2, 0.25) is 5.88 Å². The van der Waals surface area contributed by atoms with Crippen LogP contribution in [0.2, 0.25) is 0 Å². The number of methoxy groups -OCH3 is 1. The van der Waals surface area contributed by atoms with Crippen molar-refractivity contribution in [3.05, 3.63) is 36.0 Å². The van der Waals surface area contributed by atoms with E-state index < -0.39 is 0 Å². The number of aromatic nitrogens is 4. The Kier molecular flexibility index (Phi) is 4.55. The zero-order chi connectivity index (χ0) is 16.2. The van der Waals surface area contributed by atoms with Crippen LogP contribution in [0.3, 0.4) is 0 Å². The quantitative estimate of drug-likeness (QED) is 0.863. The van der Waals surface area contributed by atoms with Crippen molar-refractivity contribution in [3.63, 3.8) is 0 Å². The van der Waals surface area contributed by atoms with Crippen LogP contribution >= 0.6 is 0 Å². The summed E-state index contributed by atoms with van der Waals surface area (Å²) in [4.78, 5) is 19.2. The molecule has 2 aromatic rings. The van der Waals surface area contributed by atoms with Gasteiger partial charge in [-0.05, 0) is 32.3 Å². The first-order chi connectivity index (χ1) is 11.2. The molecule has 7 heteroatoms. The van der Waals surface area contributed by atoms with Gasteiger partial charge in [-0.25, -0.2) is 4.98 Å². The molecule has 0 saturated carbocycles. The molecular weight excluding hydrogens is 294 g/mol. The summed E-state index contributed by atoms with van der Waals surface area (Å²) < 4.78 is 7.09. The highest BCUT2D eigenvalue weighted by Gasteiger charge is 2.32. The topological polar surface area (TPSA) is 73.1 Å². The second-order valence-electron chi connectivity index (χ2n) is 5.54. The minimum Gasteiger partial charge on any atom is -0.480 e. The number of carbonyl (C=O) groups is 1. The van der Waals surface area contributed by atoms with Crippen molar-refractivity contribution in [2.24, 2.45) is 0 Å². The van der Waals surface area contributed by atoms with E-state index in [9.17, 15) is 4.79 Å². The van der Waals surface area contributed by atoms with Crippen LogP contribution < -0.4 is 4.74 Å². The number of likely N-dealkylation sites (tertiary alicyclic amines) is 1. The predicted molar refractivity (Wildman–Crippen MR) is 84.1 cm³/mol. The van der Waals surface area contributed by atoms with Crippen molar-refractivity contribution < 1.29 is 9.53 Å². The molecule has 122 valence electrons. The van der Waals surface area contributed by atoms with Gasteiger partial charge in [0.05, 0.1) is 13.2 Å². The lowest BCUT2D eigenvalue weighted by atomic mass is 10.0. The number of ether oxygens (including phenoxy) is 1. The van der Waals surface area contributed by atoms with Crippen LogP contribution in [0, 0.1) is 0 Å². The molecule has 0 unspecified atom stereocenters. The van der Waals surface area contributed by atoms with E-state index >= 15 is 0 Å². The van der Waals surface area contributed by atoms with Gasteiger partial charge in [-0.1, -0.05) is 0 Å². The van der Waals surface area contributed by atoms with Crippen molar-refractivity contribution in [3.8, 4) is 5.88 Å². The third-order valence-electron chi connectivity index (χ3n) is 4.22. The van der Waals surface area contributed by atoms with Gasteiger partial charge in [-0.2, -0.15) is 0 Å². The van der Waals surface area contributed by atoms with E-state index in [4.69, 9.17) is 4.74 Å². The van der Waals surface area contributed by atoms with E-state index in [2.05, 4.69) is 26.7 Å². The zero-order valence-corrected chi connectivity index (χ0v) is 13.5. The molecule has 7 nitrogen and oxygen atoms in total. The highest BCUT2D eigenvalue weighted by molar-refractivity contribution is 5.92. The predicted octanol–water partition coefficient (Wildman–Crippen LogP) is 2.07. The SMILES string of the molecule is CCn1ccnc1[C@H]1CCCCN1C(=O)c1ccc(OC)nn1. The number of carbonyl (C=O) groups excluding carboxylic acids is 1. The van der Waals surface area contributed by atoms with Crippen LogP contribution in [0.4, 0.5) is 0 Å². The third-order valence-corrected chi connectivity index (χ3v) is 4.22. The monoisotopic (exact) mass is 315 g/mol. The fourth-order valence-electron chi connectivity index (χ4n) is 3.02. The molecule has 0 bridgehead atoms. The first-order valence-corrected chi connectivity index (χ1v) is 7.94. The molecular formula is C16H21N5O2. The lowest BCUT2D eigenvalue weighted by Crippen LogP contribution is -2.40. The minimum absolute atomic E-state index is 0.00454. The van der Waals surface area contributed by atoms with Gasteiger partial charge < -0.3 is 14.2 Å². The van der Waals surface area contributed by atoms with Crippen molar-refractivity contribution in [1.82, 2.24) is 24.6 Å². The Labute approximate surface area is 135 Å². The van der Waals surface area contributed by atoms with Gasteiger partial charge in [-0.3, -0.25) is 4.79 Å². The maximum absolute atomic E-state index is 12.9. The molecule has 1 atom stereocenters. The zero-order valence-electron chi connectivity index (χ0n) is 13.5. The van der Waals surface area contributed by atoms with Crippen molar-refractivity contribution in [2.45, 2.75) is 38.8 Å². The van der Waals surface area contributed by atoms with Gasteiger partial charge in [0.15, 0.2) is 5.69 Å². The standard InChI is InChI=1S/C16H21N5O2/c1-3-20-11-9-17-15(20)13-6-4-5-10-21(13)16(22)12-7-8-14(23-2)19-18-12/h7-9,11,13H,3-6,10H2,1-2H3/t13-/m1/s1. The van der Waals surface area contributed by atoms with E-state index in [1.807, 2.05) is 11.1 Å². The summed E-state index contributed by atoms with van der Waals surface area (Å²) in [5.41, 5.74) is 0.340. The highest BCUT2D eigenvalue weighted by Crippen LogP contribution is 2.31. The second-order valence-corrected chi connectivity index (χ2v) is 5.54. The molecule has 0 spiro atoms. The Hall–Kier alpha value is -2.44. The van der Waals surface area contributed by atoms with E-state index in [-0.39, 0.29) is 11.9 Å². The summed E-state index contributed by atoms with van der Waals surface area (Å²) >= 11 is 0. The first-order valence-electron chi connectivity index (χ1n) is 7.94. The Morgan fingerprint density at radius 2 is 2.22 bits per heavy atom. The second kappa shape index (κ2) is 6.76. The summed E-state index contributed by atoms with van der Waals surface area (Å²) in [6.45, 7) is 3.64. The summed E-state index contributed by atoms with van der Waals surface area (Å²) in [6.07, 6.45) is 6.77. The Morgan fingerprint density at radius 3 is 2.91 bits per heavy atom. The van der Waals surface area contributed by atoms with Crippen molar-refractivity contribution in [2.75, 3.05) is 13.7 Å². The molecule has 0 aromatic carbocycles. The molecule has 0 N–H and O–H groups in total. The summed E-state index contributed by atoms with van der Waals surface area (Å²) in [7, 11) is 1.52. The molecule has 3 rings (SSSR count). The van der Waals surface area contributed by atoms with Crippen LogP contribution in [-0.4, -0.2) is 44.2 Å². The third kappa shape index (κ3) is 3.04. The maximum atomic E-state index is 12.9. The first kappa shape index (κ1) is 15.5. The molecule has 23 heavy (non-hydrogen) atoms. The molecule has 1 aliphatic rings. The average Bonchev–Trinajstić information content (AvgIpc) is 3.10. The Morgan fingerprint density at radius 1 is 1.35 bits per heavy atom. The largest absolute Gasteiger partial charge is 0.480 e. The smallest absolute Gasteiger partial charge is 0.274 e. The lowest BCUT2D eigenvalue weighted by molar-refractivity contribution is 0.0587. The molecule has 0 aliphatic carbocycles. The number of nitrogens with zero attached hydrogens (tertiary/aromatic N) is 5. The molecule has 0 radical (unpaired) electrons. The van der Waals surface area contributed by atoms with Crippen molar-refractivity contribution >= 4 is 5.91 Å². The lowest BCUT2D eigenvalue weighted by Gasteiger charge is -2.35. The number of amides is 1. The molecule has 1 saturated heterocycles. The van der Waals surface area contributed by atoms with Crippen LogP contribution in [-0.2, 0) is 6.54 Å². The number of imidazole rings is 1. The van der Waals surface area contributed by atoms with Gasteiger partial charge in [-0.15, -0.1) is 10.2 Å². The minimum atomic E-state index is -0.101. The van der Waals surface area contributed by atoms with E-state index in [1.54, 1.807) is 18.3 Å². The number of piperidine rings is 1. The fraction of sp³-hybridized carbons (Fsp3) is 0.500.